The maximum absolute atomic E-state index is 6.02. The Labute approximate surface area is 114 Å². The van der Waals surface area contributed by atoms with Gasteiger partial charge in [0.2, 0.25) is 5.95 Å². The molecule has 1 aromatic carbocycles. The number of fused-ring (bicyclic) bond motifs is 1. The minimum absolute atomic E-state index is 0.587. The van der Waals surface area contributed by atoms with Gasteiger partial charge >= 0.3 is 0 Å². The van der Waals surface area contributed by atoms with E-state index in [9.17, 15) is 0 Å². The number of ether oxygens (including phenoxy) is 1. The lowest BCUT2D eigenvalue weighted by atomic mass is 10.2. The van der Waals surface area contributed by atoms with E-state index in [1.807, 2.05) is 12.1 Å². The van der Waals surface area contributed by atoms with Gasteiger partial charge in [-0.05, 0) is 25.6 Å². The Hall–Kier alpha value is -1.59. The number of likely N-dealkylation sites (N-methyl/N-ethyl adjacent to an activating group) is 1. The van der Waals surface area contributed by atoms with Crippen LogP contribution in [0.4, 0.5) is 5.95 Å². The molecule has 0 unspecified atom stereocenters. The summed E-state index contributed by atoms with van der Waals surface area (Å²) < 4.78 is 7.17. The van der Waals surface area contributed by atoms with Crippen molar-refractivity contribution in [2.75, 3.05) is 39.6 Å². The summed E-state index contributed by atoms with van der Waals surface area (Å²) in [5.41, 5.74) is 9.34. The van der Waals surface area contributed by atoms with E-state index in [0.29, 0.717) is 5.95 Å². The maximum atomic E-state index is 6.02. The normalized spacial score (nSPS) is 11.6. The number of methoxy groups -OCH3 is 1. The molecule has 0 aliphatic rings. The van der Waals surface area contributed by atoms with Gasteiger partial charge < -0.3 is 19.9 Å². The van der Waals surface area contributed by atoms with Crippen molar-refractivity contribution in [3.8, 4) is 0 Å². The van der Waals surface area contributed by atoms with Gasteiger partial charge in [-0.25, -0.2) is 4.98 Å². The van der Waals surface area contributed by atoms with Crippen molar-refractivity contribution in [1.82, 2.24) is 14.5 Å². The molecule has 0 saturated heterocycles. The largest absolute Gasteiger partial charge is 0.383 e. The number of para-hydroxylation sites is 1. The topological polar surface area (TPSA) is 56.3 Å². The third kappa shape index (κ3) is 3.05. The summed E-state index contributed by atoms with van der Waals surface area (Å²) in [6.07, 6.45) is 0. The first-order chi connectivity index (χ1) is 9.13. The third-order valence-electron chi connectivity index (χ3n) is 3.38. The first-order valence-corrected chi connectivity index (χ1v) is 6.52. The van der Waals surface area contributed by atoms with Crippen LogP contribution in [0, 0.1) is 6.92 Å². The molecule has 1 aromatic heterocycles. The molecule has 0 spiro atoms. The van der Waals surface area contributed by atoms with Gasteiger partial charge in [0.25, 0.3) is 0 Å². The molecule has 0 amide bonds. The Kier molecular flexibility index (Phi) is 4.39. The van der Waals surface area contributed by atoms with Crippen LogP contribution in [0.5, 0.6) is 0 Å². The molecule has 2 aromatic rings. The van der Waals surface area contributed by atoms with Gasteiger partial charge in [-0.15, -0.1) is 0 Å². The van der Waals surface area contributed by atoms with Gasteiger partial charge in [-0.2, -0.15) is 0 Å². The predicted octanol–water partition coefficient (Wildman–Crippen LogP) is 1.51. The van der Waals surface area contributed by atoms with Crippen LogP contribution < -0.4 is 5.73 Å². The molecule has 0 saturated carbocycles. The second-order valence-corrected chi connectivity index (χ2v) is 4.86. The first kappa shape index (κ1) is 13.8. The molecule has 0 bridgehead atoms. The smallest absolute Gasteiger partial charge is 0.201 e. The number of nitrogen functional groups attached to an aromatic ring is 1. The summed E-state index contributed by atoms with van der Waals surface area (Å²) in [6, 6.07) is 6.11. The number of benzene rings is 1. The van der Waals surface area contributed by atoms with Crippen molar-refractivity contribution < 1.29 is 4.74 Å². The van der Waals surface area contributed by atoms with Crippen LogP contribution in [0.2, 0.25) is 0 Å². The predicted molar refractivity (Wildman–Crippen MR) is 78.3 cm³/mol. The first-order valence-electron chi connectivity index (χ1n) is 6.52. The zero-order valence-electron chi connectivity index (χ0n) is 11.9. The number of aromatic nitrogens is 2. The molecule has 0 fully saturated rings. The highest BCUT2D eigenvalue weighted by atomic mass is 16.5. The van der Waals surface area contributed by atoms with Crippen LogP contribution in [0.1, 0.15) is 5.56 Å². The van der Waals surface area contributed by atoms with E-state index in [1.54, 1.807) is 7.11 Å². The zero-order valence-corrected chi connectivity index (χ0v) is 11.9. The summed E-state index contributed by atoms with van der Waals surface area (Å²) in [7, 11) is 3.81. The molecular formula is C14H22N4O. The van der Waals surface area contributed by atoms with Gasteiger partial charge in [-0.1, -0.05) is 12.1 Å². The van der Waals surface area contributed by atoms with Crippen molar-refractivity contribution in [2.45, 2.75) is 13.5 Å². The van der Waals surface area contributed by atoms with Crippen LogP contribution >= 0.6 is 0 Å². The second-order valence-electron chi connectivity index (χ2n) is 4.86. The Morgan fingerprint density at radius 1 is 1.37 bits per heavy atom. The molecule has 2 N–H and O–H groups in total. The molecule has 0 radical (unpaired) electrons. The van der Waals surface area contributed by atoms with Gasteiger partial charge in [0.15, 0.2) is 0 Å². The Morgan fingerprint density at radius 2 is 2.16 bits per heavy atom. The van der Waals surface area contributed by atoms with Crippen LogP contribution in [-0.2, 0) is 11.3 Å². The second kappa shape index (κ2) is 6.04. The summed E-state index contributed by atoms with van der Waals surface area (Å²) >= 11 is 0. The van der Waals surface area contributed by atoms with E-state index >= 15 is 0 Å². The SMILES string of the molecule is COCCN(C)CCn1c(N)nc2cccc(C)c21. The fourth-order valence-electron chi connectivity index (χ4n) is 2.24. The summed E-state index contributed by atoms with van der Waals surface area (Å²) in [5.74, 6) is 0.587. The number of hydrogen-bond acceptors (Lipinski definition) is 4. The quantitative estimate of drug-likeness (QED) is 0.857. The summed E-state index contributed by atoms with van der Waals surface area (Å²) in [6.45, 7) is 5.52. The Balaban J connectivity index is 2.14. The van der Waals surface area contributed by atoms with Gasteiger partial charge in [0, 0.05) is 26.7 Å². The molecular weight excluding hydrogens is 240 g/mol. The number of nitrogens with two attached hydrogens (primary N) is 1. The molecule has 19 heavy (non-hydrogen) atoms. The molecule has 5 heteroatoms. The Bertz CT molecular complexity index is 550. The molecule has 5 nitrogen and oxygen atoms in total. The number of imidazole rings is 1. The molecule has 2 rings (SSSR count). The molecule has 104 valence electrons. The molecule has 1 heterocycles. The van der Waals surface area contributed by atoms with E-state index in [-0.39, 0.29) is 0 Å². The molecule has 0 aliphatic carbocycles. The molecule has 0 aliphatic heterocycles. The van der Waals surface area contributed by atoms with E-state index < -0.39 is 0 Å². The fourth-order valence-corrected chi connectivity index (χ4v) is 2.24. The monoisotopic (exact) mass is 262 g/mol. The summed E-state index contributed by atoms with van der Waals surface area (Å²) in [4.78, 5) is 6.64. The van der Waals surface area contributed by atoms with Crippen LogP contribution in [0.25, 0.3) is 11.0 Å². The standard InChI is InChI=1S/C14H22N4O/c1-11-5-4-6-12-13(11)18(14(15)16-12)8-7-17(2)9-10-19-3/h4-6H,7-10H2,1-3H3,(H2,15,16). The summed E-state index contributed by atoms with van der Waals surface area (Å²) in [5, 5.41) is 0. The number of hydrogen-bond donors (Lipinski definition) is 1. The molecule has 0 atom stereocenters. The average Bonchev–Trinajstić information content (AvgIpc) is 2.71. The van der Waals surface area contributed by atoms with Gasteiger partial charge in [-0.3, -0.25) is 0 Å². The Morgan fingerprint density at radius 3 is 2.89 bits per heavy atom. The lowest BCUT2D eigenvalue weighted by molar-refractivity contribution is 0.159. The lowest BCUT2D eigenvalue weighted by Crippen LogP contribution is -2.27. The highest BCUT2D eigenvalue weighted by molar-refractivity contribution is 5.81. The minimum Gasteiger partial charge on any atom is -0.383 e. The highest BCUT2D eigenvalue weighted by Gasteiger charge is 2.10. The van der Waals surface area contributed by atoms with Crippen molar-refractivity contribution >= 4 is 17.0 Å². The van der Waals surface area contributed by atoms with Crippen LogP contribution in [-0.4, -0.2) is 48.3 Å². The van der Waals surface area contributed by atoms with Crippen LogP contribution in [0.3, 0.4) is 0 Å². The number of aryl methyl sites for hydroxylation is 1. The number of rotatable bonds is 6. The lowest BCUT2D eigenvalue weighted by Gasteiger charge is -2.17. The zero-order chi connectivity index (χ0) is 13.8. The number of anilines is 1. The third-order valence-corrected chi connectivity index (χ3v) is 3.38. The van der Waals surface area contributed by atoms with Crippen LogP contribution in [0.15, 0.2) is 18.2 Å². The van der Waals surface area contributed by atoms with E-state index in [1.165, 1.54) is 5.56 Å². The fraction of sp³-hybridized carbons (Fsp3) is 0.500. The van der Waals surface area contributed by atoms with E-state index in [0.717, 1.165) is 37.3 Å². The van der Waals surface area contributed by atoms with E-state index in [4.69, 9.17) is 10.5 Å². The van der Waals surface area contributed by atoms with Crippen molar-refractivity contribution in [3.05, 3.63) is 23.8 Å². The minimum atomic E-state index is 0.587. The van der Waals surface area contributed by atoms with Crippen molar-refractivity contribution in [3.63, 3.8) is 0 Å². The van der Waals surface area contributed by atoms with Gasteiger partial charge in [0.1, 0.15) is 0 Å². The average molecular weight is 262 g/mol. The van der Waals surface area contributed by atoms with Crippen molar-refractivity contribution in [2.24, 2.45) is 0 Å². The number of nitrogens with zero attached hydrogens (tertiary/aromatic N) is 3. The van der Waals surface area contributed by atoms with Crippen molar-refractivity contribution in [1.29, 1.82) is 0 Å². The maximum Gasteiger partial charge on any atom is 0.201 e. The van der Waals surface area contributed by atoms with Gasteiger partial charge in [0.05, 0.1) is 17.6 Å². The highest BCUT2D eigenvalue weighted by Crippen LogP contribution is 2.21. The van der Waals surface area contributed by atoms with E-state index in [2.05, 4.69) is 34.5 Å².